The van der Waals surface area contributed by atoms with E-state index in [1.807, 2.05) is 11.8 Å². The number of halogens is 1. The van der Waals surface area contributed by atoms with Gasteiger partial charge in [-0.2, -0.15) is 16.9 Å². The minimum Gasteiger partial charge on any atom is -0.379 e. The number of hydrogen-bond donors (Lipinski definition) is 1. The average molecular weight is 374 g/mol. The first-order valence-corrected chi connectivity index (χ1v) is 9.80. The van der Waals surface area contributed by atoms with Crippen molar-refractivity contribution in [2.75, 3.05) is 11.6 Å². The molecule has 0 aliphatic heterocycles. The lowest BCUT2D eigenvalue weighted by molar-refractivity contribution is 0.474. The number of anilines is 1. The molecular formula is C15H24BrN3OS. The van der Waals surface area contributed by atoms with E-state index in [1.165, 1.54) is 19.3 Å². The molecule has 1 aromatic rings. The normalized spacial score (nSPS) is 22.2. The predicted octanol–water partition coefficient (Wildman–Crippen LogP) is 3.89. The highest BCUT2D eigenvalue weighted by molar-refractivity contribution is 9.10. The lowest BCUT2D eigenvalue weighted by atomic mass is 9.95. The van der Waals surface area contributed by atoms with Crippen molar-refractivity contribution in [2.24, 2.45) is 0 Å². The fraction of sp³-hybridized carbons (Fsp3) is 0.733. The number of thioether (sulfide) groups is 1. The summed E-state index contributed by atoms with van der Waals surface area (Å²) in [5, 5.41) is 8.45. The number of rotatable bonds is 6. The summed E-state index contributed by atoms with van der Waals surface area (Å²) >= 11 is 5.36. The van der Waals surface area contributed by atoms with E-state index in [0.717, 1.165) is 24.9 Å². The van der Waals surface area contributed by atoms with Crippen LogP contribution < -0.4 is 10.9 Å². The molecule has 2 atom stereocenters. The van der Waals surface area contributed by atoms with Crippen molar-refractivity contribution in [3.8, 4) is 0 Å². The molecule has 1 aliphatic rings. The molecule has 0 radical (unpaired) electrons. The molecule has 1 heterocycles. The Morgan fingerprint density at radius 3 is 2.95 bits per heavy atom. The quantitative estimate of drug-likeness (QED) is 0.821. The Morgan fingerprint density at radius 2 is 2.24 bits per heavy atom. The molecule has 1 N–H and O–H groups in total. The highest BCUT2D eigenvalue weighted by Gasteiger charge is 2.25. The van der Waals surface area contributed by atoms with Crippen LogP contribution in [0.4, 0.5) is 5.69 Å². The molecule has 4 nitrogen and oxygen atoms in total. The van der Waals surface area contributed by atoms with Crippen LogP contribution in [0.25, 0.3) is 0 Å². The van der Waals surface area contributed by atoms with Gasteiger partial charge >= 0.3 is 0 Å². The summed E-state index contributed by atoms with van der Waals surface area (Å²) in [5.41, 5.74) is 0.795. The minimum absolute atomic E-state index is 0.0371. The Bertz CT molecular complexity index is 520. The zero-order chi connectivity index (χ0) is 15.2. The van der Waals surface area contributed by atoms with Gasteiger partial charge in [-0.15, -0.1) is 0 Å². The second-order valence-electron chi connectivity index (χ2n) is 5.56. The van der Waals surface area contributed by atoms with E-state index >= 15 is 0 Å². The van der Waals surface area contributed by atoms with Crippen LogP contribution in [0.15, 0.2) is 15.5 Å². The van der Waals surface area contributed by atoms with Crippen LogP contribution in [0.3, 0.4) is 0 Å². The molecule has 6 heteroatoms. The van der Waals surface area contributed by atoms with Gasteiger partial charge in [0.25, 0.3) is 5.56 Å². The van der Waals surface area contributed by atoms with Gasteiger partial charge in [0, 0.05) is 17.8 Å². The first-order valence-electron chi connectivity index (χ1n) is 7.72. The minimum atomic E-state index is -0.0371. The van der Waals surface area contributed by atoms with E-state index in [0.29, 0.717) is 22.3 Å². The van der Waals surface area contributed by atoms with Crippen molar-refractivity contribution in [3.63, 3.8) is 0 Å². The van der Waals surface area contributed by atoms with Crippen molar-refractivity contribution < 1.29 is 0 Å². The zero-order valence-corrected chi connectivity index (χ0v) is 15.2. The van der Waals surface area contributed by atoms with Crippen molar-refractivity contribution in [1.29, 1.82) is 0 Å². The van der Waals surface area contributed by atoms with E-state index in [9.17, 15) is 4.79 Å². The standard InChI is InChI=1S/C15H24BrN3OS/c1-3-4-9-19-15(20)14(16)12(10-17-19)18-11-7-5-6-8-13(11)21-2/h10-11,13,18H,3-9H2,1-2H3. The Hall–Kier alpha value is -0.490. The SMILES string of the molecule is CCCCn1ncc(NC2CCCCC2SC)c(Br)c1=O. The summed E-state index contributed by atoms with van der Waals surface area (Å²) < 4.78 is 2.16. The smallest absolute Gasteiger partial charge is 0.283 e. The van der Waals surface area contributed by atoms with Gasteiger partial charge in [0.2, 0.25) is 0 Å². The van der Waals surface area contributed by atoms with Crippen LogP contribution in [0.1, 0.15) is 45.4 Å². The van der Waals surface area contributed by atoms with Crippen LogP contribution >= 0.6 is 27.7 Å². The lowest BCUT2D eigenvalue weighted by Gasteiger charge is -2.31. The molecule has 0 bridgehead atoms. The molecule has 1 fully saturated rings. The summed E-state index contributed by atoms with van der Waals surface area (Å²) in [6.07, 6.45) is 11.0. The van der Waals surface area contributed by atoms with Gasteiger partial charge in [0.15, 0.2) is 0 Å². The van der Waals surface area contributed by atoms with Crippen molar-refractivity contribution >= 4 is 33.4 Å². The van der Waals surface area contributed by atoms with Crippen LogP contribution in [0.2, 0.25) is 0 Å². The van der Waals surface area contributed by atoms with Crippen molar-refractivity contribution in [2.45, 2.75) is 63.3 Å². The Labute approximate surface area is 139 Å². The molecule has 2 unspecified atom stereocenters. The second-order valence-corrected chi connectivity index (χ2v) is 7.43. The van der Waals surface area contributed by atoms with Gasteiger partial charge in [-0.3, -0.25) is 4.79 Å². The first kappa shape index (κ1) is 16.9. The summed E-state index contributed by atoms with van der Waals surface area (Å²) in [7, 11) is 0. The molecule has 0 amide bonds. The maximum Gasteiger partial charge on any atom is 0.283 e. The molecule has 1 saturated carbocycles. The third kappa shape index (κ3) is 4.25. The lowest BCUT2D eigenvalue weighted by Crippen LogP contribution is -2.35. The number of hydrogen-bond acceptors (Lipinski definition) is 4. The summed E-state index contributed by atoms with van der Waals surface area (Å²) in [5.74, 6) is 0. The molecule has 21 heavy (non-hydrogen) atoms. The number of aryl methyl sites for hydroxylation is 1. The molecule has 0 aromatic carbocycles. The van der Waals surface area contributed by atoms with Crippen LogP contribution in [-0.2, 0) is 6.54 Å². The number of aromatic nitrogens is 2. The van der Waals surface area contributed by atoms with E-state index in [2.05, 4.69) is 39.5 Å². The van der Waals surface area contributed by atoms with Crippen molar-refractivity contribution in [1.82, 2.24) is 9.78 Å². The molecule has 118 valence electrons. The van der Waals surface area contributed by atoms with Crippen LogP contribution in [0.5, 0.6) is 0 Å². The van der Waals surface area contributed by atoms with Crippen LogP contribution in [-0.4, -0.2) is 27.3 Å². The highest BCUT2D eigenvalue weighted by atomic mass is 79.9. The van der Waals surface area contributed by atoms with Gasteiger partial charge in [-0.05, 0) is 41.4 Å². The summed E-state index contributed by atoms with van der Waals surface area (Å²) in [6.45, 7) is 2.80. The molecular weight excluding hydrogens is 350 g/mol. The van der Waals surface area contributed by atoms with Gasteiger partial charge in [-0.1, -0.05) is 26.2 Å². The first-order chi connectivity index (χ1) is 10.2. The average Bonchev–Trinajstić information content (AvgIpc) is 2.51. The maximum atomic E-state index is 12.3. The largest absolute Gasteiger partial charge is 0.379 e. The third-order valence-electron chi connectivity index (χ3n) is 4.05. The maximum absolute atomic E-state index is 12.3. The summed E-state index contributed by atoms with van der Waals surface area (Å²) in [6, 6.07) is 0.428. The number of unbranched alkanes of at least 4 members (excludes halogenated alkanes) is 1. The fourth-order valence-electron chi connectivity index (χ4n) is 2.78. The molecule has 1 aromatic heterocycles. The number of nitrogens with one attached hydrogen (secondary N) is 1. The van der Waals surface area contributed by atoms with Gasteiger partial charge in [0.1, 0.15) is 4.47 Å². The monoisotopic (exact) mass is 373 g/mol. The predicted molar refractivity (Wildman–Crippen MR) is 94.3 cm³/mol. The molecule has 0 saturated heterocycles. The fourth-order valence-corrected chi connectivity index (χ4v) is 4.13. The molecule has 0 spiro atoms. The number of nitrogens with zero attached hydrogens (tertiary/aromatic N) is 2. The van der Waals surface area contributed by atoms with Gasteiger partial charge in [0.05, 0.1) is 11.9 Å². The second kappa shape index (κ2) is 8.22. The highest BCUT2D eigenvalue weighted by Crippen LogP contribution is 2.30. The Morgan fingerprint density at radius 1 is 1.48 bits per heavy atom. The van der Waals surface area contributed by atoms with Crippen LogP contribution in [0, 0.1) is 0 Å². The van der Waals surface area contributed by atoms with Gasteiger partial charge < -0.3 is 5.32 Å². The zero-order valence-electron chi connectivity index (χ0n) is 12.8. The third-order valence-corrected chi connectivity index (χ3v) is 5.99. The van der Waals surface area contributed by atoms with Gasteiger partial charge in [-0.25, -0.2) is 4.68 Å². The topological polar surface area (TPSA) is 46.9 Å². The molecule has 2 rings (SSSR count). The Balaban J connectivity index is 2.13. The van der Waals surface area contributed by atoms with Crippen molar-refractivity contribution in [3.05, 3.63) is 21.0 Å². The Kier molecular flexibility index (Phi) is 6.61. The molecule has 1 aliphatic carbocycles. The summed E-state index contributed by atoms with van der Waals surface area (Å²) in [4.78, 5) is 12.3. The van der Waals surface area contributed by atoms with E-state index in [1.54, 1.807) is 10.9 Å². The van der Waals surface area contributed by atoms with E-state index < -0.39 is 0 Å². The van der Waals surface area contributed by atoms with E-state index in [-0.39, 0.29) is 5.56 Å². The van der Waals surface area contributed by atoms with E-state index in [4.69, 9.17) is 0 Å².